The number of nitrogens with two attached hydrogens (primary N) is 1. The highest BCUT2D eigenvalue weighted by Crippen LogP contribution is 2.25. The molecule has 1 heterocycles. The smallest absolute Gasteiger partial charge is 0.148 e. The molecule has 0 aliphatic heterocycles. The van der Waals surface area contributed by atoms with Crippen LogP contribution in [0.5, 0.6) is 0 Å². The number of hydrogen-bond donors (Lipinski definition) is 3. The number of benzene rings is 1. The van der Waals surface area contributed by atoms with Gasteiger partial charge in [-0.05, 0) is 44.5 Å². The van der Waals surface area contributed by atoms with E-state index in [0.29, 0.717) is 17.5 Å². The van der Waals surface area contributed by atoms with Crippen LogP contribution in [-0.4, -0.2) is 9.97 Å². The van der Waals surface area contributed by atoms with Gasteiger partial charge in [0.25, 0.3) is 0 Å². The molecular formula is C13H16FN5. The molecule has 100 valence electrons. The number of anilines is 3. The standard InChI is InChI=1S/C13H16FN5/c1-7-6-10(14)4-5-11(7)18-12-8(2)13(19-15)17-9(3)16-12/h4-6H,15H2,1-3H3,(H2,16,17,18,19). The molecule has 0 spiro atoms. The topological polar surface area (TPSA) is 75.9 Å². The van der Waals surface area contributed by atoms with Crippen molar-refractivity contribution in [1.82, 2.24) is 9.97 Å². The highest BCUT2D eigenvalue weighted by molar-refractivity contribution is 5.66. The molecule has 2 aromatic rings. The molecule has 0 atom stereocenters. The first-order chi connectivity index (χ1) is 9.01. The summed E-state index contributed by atoms with van der Waals surface area (Å²) in [5.41, 5.74) is 4.94. The summed E-state index contributed by atoms with van der Waals surface area (Å²) in [6.45, 7) is 5.47. The fourth-order valence-corrected chi connectivity index (χ4v) is 1.79. The van der Waals surface area contributed by atoms with E-state index >= 15 is 0 Å². The van der Waals surface area contributed by atoms with Crippen molar-refractivity contribution >= 4 is 17.3 Å². The van der Waals surface area contributed by atoms with Crippen LogP contribution < -0.4 is 16.6 Å². The fourth-order valence-electron chi connectivity index (χ4n) is 1.79. The lowest BCUT2D eigenvalue weighted by molar-refractivity contribution is 0.627. The van der Waals surface area contributed by atoms with Crippen LogP contribution >= 0.6 is 0 Å². The largest absolute Gasteiger partial charge is 0.340 e. The van der Waals surface area contributed by atoms with Crippen LogP contribution in [0.15, 0.2) is 18.2 Å². The van der Waals surface area contributed by atoms with Crippen LogP contribution in [0.4, 0.5) is 21.7 Å². The molecule has 0 aliphatic rings. The van der Waals surface area contributed by atoms with Gasteiger partial charge in [0, 0.05) is 11.3 Å². The normalized spacial score (nSPS) is 10.4. The molecule has 2 rings (SSSR count). The maximum Gasteiger partial charge on any atom is 0.148 e. The third kappa shape index (κ3) is 2.79. The van der Waals surface area contributed by atoms with Gasteiger partial charge in [0.1, 0.15) is 23.3 Å². The van der Waals surface area contributed by atoms with Crippen molar-refractivity contribution in [1.29, 1.82) is 0 Å². The monoisotopic (exact) mass is 261 g/mol. The van der Waals surface area contributed by atoms with E-state index in [0.717, 1.165) is 16.8 Å². The second-order valence-corrected chi connectivity index (χ2v) is 4.32. The molecule has 0 unspecified atom stereocenters. The van der Waals surface area contributed by atoms with Crippen LogP contribution in [0.2, 0.25) is 0 Å². The number of hydrogen-bond acceptors (Lipinski definition) is 5. The summed E-state index contributed by atoms with van der Waals surface area (Å²) >= 11 is 0. The Bertz CT molecular complexity index is 612. The van der Waals surface area contributed by atoms with E-state index < -0.39 is 0 Å². The number of nitrogens with zero attached hydrogens (tertiary/aromatic N) is 2. The number of halogens is 1. The minimum absolute atomic E-state index is 0.261. The quantitative estimate of drug-likeness (QED) is 0.585. The number of rotatable bonds is 3. The summed E-state index contributed by atoms with van der Waals surface area (Å²) in [5, 5.41) is 3.17. The molecule has 4 N–H and O–H groups in total. The molecule has 0 radical (unpaired) electrons. The molecule has 0 fully saturated rings. The number of nitrogens with one attached hydrogen (secondary N) is 2. The van der Waals surface area contributed by atoms with Crippen molar-refractivity contribution in [2.75, 3.05) is 10.7 Å². The molecule has 19 heavy (non-hydrogen) atoms. The molecule has 1 aromatic carbocycles. The average molecular weight is 261 g/mol. The molecule has 0 saturated carbocycles. The Kier molecular flexibility index (Phi) is 3.62. The predicted molar refractivity (Wildman–Crippen MR) is 73.7 cm³/mol. The first-order valence-electron chi connectivity index (χ1n) is 5.86. The Morgan fingerprint density at radius 1 is 1.11 bits per heavy atom. The molecule has 0 saturated heterocycles. The van der Waals surface area contributed by atoms with E-state index in [4.69, 9.17) is 5.84 Å². The second kappa shape index (κ2) is 5.19. The SMILES string of the molecule is Cc1nc(NN)c(C)c(Nc2ccc(F)cc2C)n1. The lowest BCUT2D eigenvalue weighted by Crippen LogP contribution is -2.13. The summed E-state index contributed by atoms with van der Waals surface area (Å²) in [5.74, 6) is 6.96. The van der Waals surface area contributed by atoms with Gasteiger partial charge >= 0.3 is 0 Å². The van der Waals surface area contributed by atoms with Crippen molar-refractivity contribution < 1.29 is 4.39 Å². The highest BCUT2D eigenvalue weighted by atomic mass is 19.1. The van der Waals surface area contributed by atoms with Gasteiger partial charge in [0.15, 0.2) is 0 Å². The molecule has 0 bridgehead atoms. The van der Waals surface area contributed by atoms with Gasteiger partial charge < -0.3 is 10.7 Å². The van der Waals surface area contributed by atoms with Crippen LogP contribution in [-0.2, 0) is 0 Å². The predicted octanol–water partition coefficient (Wildman–Crippen LogP) is 2.57. The molecule has 0 amide bonds. The summed E-state index contributed by atoms with van der Waals surface area (Å²) in [6.07, 6.45) is 0. The van der Waals surface area contributed by atoms with Gasteiger partial charge in [0.2, 0.25) is 0 Å². The lowest BCUT2D eigenvalue weighted by Gasteiger charge is -2.14. The minimum Gasteiger partial charge on any atom is -0.340 e. The van der Waals surface area contributed by atoms with Gasteiger partial charge in [-0.3, -0.25) is 0 Å². The van der Waals surface area contributed by atoms with E-state index in [2.05, 4.69) is 20.7 Å². The maximum absolute atomic E-state index is 13.1. The van der Waals surface area contributed by atoms with Gasteiger partial charge in [0.05, 0.1) is 0 Å². The van der Waals surface area contributed by atoms with E-state index in [-0.39, 0.29) is 5.82 Å². The third-order valence-electron chi connectivity index (χ3n) is 2.84. The lowest BCUT2D eigenvalue weighted by atomic mass is 10.2. The van der Waals surface area contributed by atoms with Crippen molar-refractivity contribution in [3.8, 4) is 0 Å². The Morgan fingerprint density at radius 2 is 1.79 bits per heavy atom. The number of nitrogen functional groups attached to an aromatic ring is 1. The summed E-state index contributed by atoms with van der Waals surface area (Å²) in [6, 6.07) is 4.55. The van der Waals surface area contributed by atoms with Crippen LogP contribution in [0.25, 0.3) is 0 Å². The zero-order chi connectivity index (χ0) is 14.0. The van der Waals surface area contributed by atoms with E-state index in [9.17, 15) is 4.39 Å². The van der Waals surface area contributed by atoms with Gasteiger partial charge in [-0.25, -0.2) is 20.2 Å². The van der Waals surface area contributed by atoms with Crippen molar-refractivity contribution in [3.05, 3.63) is 41.0 Å². The van der Waals surface area contributed by atoms with Gasteiger partial charge in [-0.1, -0.05) is 0 Å². The number of hydrazine groups is 1. The maximum atomic E-state index is 13.1. The fraction of sp³-hybridized carbons (Fsp3) is 0.231. The zero-order valence-electron chi connectivity index (χ0n) is 11.1. The molecule has 6 heteroatoms. The van der Waals surface area contributed by atoms with E-state index in [1.54, 1.807) is 13.0 Å². The number of aromatic nitrogens is 2. The van der Waals surface area contributed by atoms with E-state index in [1.165, 1.54) is 12.1 Å². The number of aryl methyl sites for hydroxylation is 2. The first kappa shape index (κ1) is 13.2. The third-order valence-corrected chi connectivity index (χ3v) is 2.84. The highest BCUT2D eigenvalue weighted by Gasteiger charge is 2.09. The Labute approximate surface area is 111 Å². The van der Waals surface area contributed by atoms with Crippen molar-refractivity contribution in [3.63, 3.8) is 0 Å². The zero-order valence-corrected chi connectivity index (χ0v) is 11.1. The van der Waals surface area contributed by atoms with Crippen LogP contribution in [0.1, 0.15) is 17.0 Å². The Morgan fingerprint density at radius 3 is 2.42 bits per heavy atom. The Balaban J connectivity index is 2.40. The molecular weight excluding hydrogens is 245 g/mol. The molecule has 5 nitrogen and oxygen atoms in total. The van der Waals surface area contributed by atoms with E-state index in [1.807, 2.05) is 13.8 Å². The summed E-state index contributed by atoms with van der Waals surface area (Å²) in [4.78, 5) is 8.51. The van der Waals surface area contributed by atoms with Crippen molar-refractivity contribution in [2.24, 2.45) is 5.84 Å². The summed E-state index contributed by atoms with van der Waals surface area (Å²) in [7, 11) is 0. The Hall–Kier alpha value is -2.21. The first-order valence-corrected chi connectivity index (χ1v) is 5.86. The van der Waals surface area contributed by atoms with Crippen LogP contribution in [0, 0.1) is 26.6 Å². The van der Waals surface area contributed by atoms with Gasteiger partial charge in [-0.2, -0.15) is 0 Å². The average Bonchev–Trinajstić information content (AvgIpc) is 2.36. The van der Waals surface area contributed by atoms with Crippen molar-refractivity contribution in [2.45, 2.75) is 20.8 Å². The second-order valence-electron chi connectivity index (χ2n) is 4.32. The summed E-state index contributed by atoms with van der Waals surface area (Å²) < 4.78 is 13.1. The minimum atomic E-state index is -0.261. The van der Waals surface area contributed by atoms with Crippen LogP contribution in [0.3, 0.4) is 0 Å². The molecule has 1 aromatic heterocycles. The van der Waals surface area contributed by atoms with Gasteiger partial charge in [-0.15, -0.1) is 0 Å². The molecule has 0 aliphatic carbocycles.